The predicted molar refractivity (Wildman–Crippen MR) is 75.7 cm³/mol. The maximum Gasteiger partial charge on any atom is 0.227 e. The summed E-state index contributed by atoms with van der Waals surface area (Å²) in [6.45, 7) is 0.897. The molecule has 1 aliphatic rings. The van der Waals surface area contributed by atoms with E-state index in [2.05, 4.69) is 22.9 Å². The molecule has 18 heavy (non-hydrogen) atoms. The molecule has 94 valence electrons. The van der Waals surface area contributed by atoms with E-state index in [1.54, 1.807) is 0 Å². The number of nitrogens with zero attached hydrogens (tertiary/aromatic N) is 2. The Morgan fingerprint density at radius 3 is 3.00 bits per heavy atom. The second kappa shape index (κ2) is 4.69. The van der Waals surface area contributed by atoms with Gasteiger partial charge in [0.1, 0.15) is 0 Å². The number of fused-ring (bicyclic) bond motifs is 1. The molecule has 0 radical (unpaired) electrons. The number of benzene rings is 1. The zero-order chi connectivity index (χ0) is 12.5. The molecule has 3 nitrogen and oxygen atoms in total. The van der Waals surface area contributed by atoms with Gasteiger partial charge in [0.15, 0.2) is 0 Å². The maximum absolute atomic E-state index is 12.2. The Balaban J connectivity index is 1.88. The Morgan fingerprint density at radius 2 is 2.22 bits per heavy atom. The molecule has 1 aliphatic heterocycles. The van der Waals surface area contributed by atoms with Crippen molar-refractivity contribution in [3.63, 3.8) is 0 Å². The van der Waals surface area contributed by atoms with Gasteiger partial charge in [0.2, 0.25) is 5.91 Å². The van der Waals surface area contributed by atoms with Gasteiger partial charge in [-0.25, -0.2) is 0 Å². The van der Waals surface area contributed by atoms with Crippen LogP contribution in [0.3, 0.4) is 0 Å². The second-order valence-electron chi connectivity index (χ2n) is 4.65. The Bertz CT molecular complexity index is 584. The van der Waals surface area contributed by atoms with Crippen molar-refractivity contribution in [2.75, 3.05) is 18.2 Å². The molecule has 4 heteroatoms. The number of hydrogen-bond acceptors (Lipinski definition) is 2. The van der Waals surface area contributed by atoms with Crippen LogP contribution in [0.2, 0.25) is 0 Å². The SMILES string of the molecule is Cn1cc(CC(=O)N2CCSC2)c2ccccc21. The molecule has 3 rings (SSSR count). The third-order valence-corrected chi connectivity index (χ3v) is 4.39. The third-order valence-electron chi connectivity index (χ3n) is 3.43. The van der Waals surface area contributed by atoms with Crippen LogP contribution < -0.4 is 0 Å². The van der Waals surface area contributed by atoms with Gasteiger partial charge in [-0.2, -0.15) is 0 Å². The Labute approximate surface area is 111 Å². The Kier molecular flexibility index (Phi) is 3.04. The number of thioether (sulfide) groups is 1. The van der Waals surface area contributed by atoms with Crippen LogP contribution in [0.25, 0.3) is 10.9 Å². The molecule has 0 spiro atoms. The Morgan fingerprint density at radius 1 is 1.39 bits per heavy atom. The Hall–Kier alpha value is -1.42. The van der Waals surface area contributed by atoms with E-state index in [1.165, 1.54) is 10.9 Å². The van der Waals surface area contributed by atoms with Gasteiger partial charge < -0.3 is 9.47 Å². The highest BCUT2D eigenvalue weighted by molar-refractivity contribution is 7.99. The fourth-order valence-electron chi connectivity index (χ4n) is 2.45. The smallest absolute Gasteiger partial charge is 0.227 e. The molecule has 2 aromatic rings. The lowest BCUT2D eigenvalue weighted by Gasteiger charge is -2.13. The summed E-state index contributed by atoms with van der Waals surface area (Å²) in [5.41, 5.74) is 2.33. The number of aryl methyl sites for hydroxylation is 1. The van der Waals surface area contributed by atoms with Gasteiger partial charge in [-0.1, -0.05) is 18.2 Å². The van der Waals surface area contributed by atoms with E-state index >= 15 is 0 Å². The number of hydrogen-bond donors (Lipinski definition) is 0. The molecule has 1 fully saturated rings. The average Bonchev–Trinajstić information content (AvgIpc) is 3.00. The molecule has 0 bridgehead atoms. The topological polar surface area (TPSA) is 25.2 Å². The highest BCUT2D eigenvalue weighted by atomic mass is 32.2. The molecule has 0 atom stereocenters. The van der Waals surface area contributed by atoms with Crippen molar-refractivity contribution in [3.8, 4) is 0 Å². The van der Waals surface area contributed by atoms with Crippen LogP contribution >= 0.6 is 11.8 Å². The molecular formula is C14H16N2OS. The van der Waals surface area contributed by atoms with Gasteiger partial charge in [-0.05, 0) is 11.6 Å². The van der Waals surface area contributed by atoms with Crippen molar-refractivity contribution < 1.29 is 4.79 Å². The molecule has 0 aliphatic carbocycles. The number of para-hydroxylation sites is 1. The van der Waals surface area contributed by atoms with Crippen molar-refractivity contribution in [1.82, 2.24) is 9.47 Å². The number of rotatable bonds is 2. The molecule has 1 aromatic heterocycles. The zero-order valence-corrected chi connectivity index (χ0v) is 11.2. The van der Waals surface area contributed by atoms with E-state index in [0.717, 1.165) is 23.7 Å². The van der Waals surface area contributed by atoms with E-state index in [1.807, 2.05) is 35.8 Å². The second-order valence-corrected chi connectivity index (χ2v) is 5.73. The first-order valence-electron chi connectivity index (χ1n) is 6.14. The normalized spacial score (nSPS) is 15.5. The highest BCUT2D eigenvalue weighted by Gasteiger charge is 2.19. The van der Waals surface area contributed by atoms with Gasteiger partial charge in [0.05, 0.1) is 12.3 Å². The summed E-state index contributed by atoms with van der Waals surface area (Å²) in [7, 11) is 2.03. The van der Waals surface area contributed by atoms with E-state index in [-0.39, 0.29) is 5.91 Å². The predicted octanol–water partition coefficient (Wildman–Crippen LogP) is 2.25. The van der Waals surface area contributed by atoms with Crippen molar-refractivity contribution in [3.05, 3.63) is 36.0 Å². The monoisotopic (exact) mass is 260 g/mol. The van der Waals surface area contributed by atoms with Crippen molar-refractivity contribution >= 4 is 28.6 Å². The number of amides is 1. The summed E-state index contributed by atoms with van der Waals surface area (Å²) in [4.78, 5) is 14.1. The first-order chi connectivity index (χ1) is 8.75. The van der Waals surface area contributed by atoms with Crippen LogP contribution in [0.15, 0.2) is 30.5 Å². The van der Waals surface area contributed by atoms with E-state index in [4.69, 9.17) is 0 Å². The summed E-state index contributed by atoms with van der Waals surface area (Å²) >= 11 is 1.83. The van der Waals surface area contributed by atoms with Gasteiger partial charge in [0, 0.05) is 36.4 Å². The summed E-state index contributed by atoms with van der Waals surface area (Å²) in [6, 6.07) is 8.25. The van der Waals surface area contributed by atoms with E-state index in [9.17, 15) is 4.79 Å². The molecule has 2 heterocycles. The molecule has 1 saturated heterocycles. The van der Waals surface area contributed by atoms with Gasteiger partial charge in [-0.3, -0.25) is 4.79 Å². The average molecular weight is 260 g/mol. The van der Waals surface area contributed by atoms with Crippen molar-refractivity contribution in [2.24, 2.45) is 7.05 Å². The zero-order valence-electron chi connectivity index (χ0n) is 10.4. The van der Waals surface area contributed by atoms with Crippen LogP contribution in [0, 0.1) is 0 Å². The molecule has 1 aromatic carbocycles. The van der Waals surface area contributed by atoms with Gasteiger partial charge in [0.25, 0.3) is 0 Å². The quantitative estimate of drug-likeness (QED) is 0.827. The molecule has 0 saturated carbocycles. The van der Waals surface area contributed by atoms with Gasteiger partial charge in [-0.15, -0.1) is 11.8 Å². The lowest BCUT2D eigenvalue weighted by Crippen LogP contribution is -2.29. The molecule has 0 unspecified atom stereocenters. The van der Waals surface area contributed by atoms with E-state index < -0.39 is 0 Å². The largest absolute Gasteiger partial charge is 0.350 e. The van der Waals surface area contributed by atoms with Crippen molar-refractivity contribution in [2.45, 2.75) is 6.42 Å². The number of carbonyl (C=O) groups is 1. The fraction of sp³-hybridized carbons (Fsp3) is 0.357. The van der Waals surface area contributed by atoms with Crippen LogP contribution in [0.1, 0.15) is 5.56 Å². The first kappa shape index (κ1) is 11.7. The molecule has 1 amide bonds. The minimum Gasteiger partial charge on any atom is -0.350 e. The fourth-order valence-corrected chi connectivity index (χ4v) is 3.42. The lowest BCUT2D eigenvalue weighted by atomic mass is 10.1. The van der Waals surface area contributed by atoms with E-state index in [0.29, 0.717) is 6.42 Å². The van der Waals surface area contributed by atoms with Crippen LogP contribution in [-0.2, 0) is 18.3 Å². The highest BCUT2D eigenvalue weighted by Crippen LogP contribution is 2.22. The van der Waals surface area contributed by atoms with Gasteiger partial charge >= 0.3 is 0 Å². The van der Waals surface area contributed by atoms with Crippen LogP contribution in [0.4, 0.5) is 0 Å². The van der Waals surface area contributed by atoms with Crippen LogP contribution in [0.5, 0.6) is 0 Å². The minimum atomic E-state index is 0.247. The van der Waals surface area contributed by atoms with Crippen LogP contribution in [-0.4, -0.2) is 33.5 Å². The standard InChI is InChI=1S/C14H16N2OS/c1-15-9-11(12-4-2-3-5-13(12)15)8-14(17)16-6-7-18-10-16/h2-5,9H,6-8,10H2,1H3. The molecular weight excluding hydrogens is 244 g/mol. The lowest BCUT2D eigenvalue weighted by molar-refractivity contribution is -0.128. The minimum absolute atomic E-state index is 0.247. The summed E-state index contributed by atoms with van der Waals surface area (Å²) in [6.07, 6.45) is 2.59. The maximum atomic E-state index is 12.2. The summed E-state index contributed by atoms with van der Waals surface area (Å²) < 4.78 is 2.09. The van der Waals surface area contributed by atoms with Crippen molar-refractivity contribution in [1.29, 1.82) is 0 Å². The number of aromatic nitrogens is 1. The summed E-state index contributed by atoms with van der Waals surface area (Å²) in [5.74, 6) is 2.17. The number of carbonyl (C=O) groups excluding carboxylic acids is 1. The third kappa shape index (κ3) is 2.01. The molecule has 0 N–H and O–H groups in total. The summed E-state index contributed by atoms with van der Waals surface area (Å²) in [5, 5.41) is 1.19. The first-order valence-corrected chi connectivity index (χ1v) is 7.29.